The molecule has 0 fully saturated rings. The third-order valence-corrected chi connectivity index (χ3v) is 6.88. The average Bonchev–Trinajstić information content (AvgIpc) is 2.86. The third kappa shape index (κ3) is 5.12. The Morgan fingerprint density at radius 3 is 2.39 bits per heavy atom. The van der Waals surface area contributed by atoms with Crippen LogP contribution < -0.4 is 15.5 Å². The predicted molar refractivity (Wildman–Crippen MR) is 136 cm³/mol. The average molecular weight is 546 g/mol. The first kappa shape index (κ1) is 26.9. The van der Waals surface area contributed by atoms with Crippen LogP contribution in [0.1, 0.15) is 40.1 Å². The molecular weight excluding hydrogens is 523 g/mol. The van der Waals surface area contributed by atoms with Gasteiger partial charge >= 0.3 is 15.5 Å². The van der Waals surface area contributed by atoms with Gasteiger partial charge in [0.1, 0.15) is 11.3 Å². The first-order chi connectivity index (χ1) is 17.8. The number of hydrogen-bond donors (Lipinski definition) is 2. The van der Waals surface area contributed by atoms with E-state index < -0.39 is 33.2 Å². The number of hydrogen-bond acceptors (Lipinski definition) is 7. The van der Waals surface area contributed by atoms with Crippen LogP contribution in [-0.4, -0.2) is 24.8 Å². The highest BCUT2D eigenvalue weighted by atomic mass is 32.2. The molecule has 2 N–H and O–H groups in total. The summed E-state index contributed by atoms with van der Waals surface area (Å²) in [5.41, 5.74) is -3.78. The van der Waals surface area contributed by atoms with E-state index in [1.807, 2.05) is 30.3 Å². The number of nitrogens with zero attached hydrogens (tertiary/aromatic N) is 1. The zero-order valence-corrected chi connectivity index (χ0v) is 21.2. The van der Waals surface area contributed by atoms with Crippen molar-refractivity contribution in [1.82, 2.24) is 9.71 Å². The Labute approximate surface area is 215 Å². The Morgan fingerprint density at radius 2 is 1.74 bits per heavy atom. The highest BCUT2D eigenvalue weighted by Gasteiger charge is 2.47. The summed E-state index contributed by atoms with van der Waals surface area (Å²) in [5.74, 6) is -1.17. The monoisotopic (exact) mass is 545 g/mol. The van der Waals surface area contributed by atoms with Crippen molar-refractivity contribution >= 4 is 32.6 Å². The van der Waals surface area contributed by atoms with Crippen LogP contribution in [0.25, 0.3) is 22.3 Å². The number of aromatic nitrogens is 1. The summed E-state index contributed by atoms with van der Waals surface area (Å²) in [4.78, 5) is 29.5. The molecule has 0 bridgehead atoms. The molecule has 1 unspecified atom stereocenters. The summed E-state index contributed by atoms with van der Waals surface area (Å²) in [6.45, 7) is 5.16. The minimum atomic E-state index is -5.93. The van der Waals surface area contributed by atoms with Crippen molar-refractivity contribution in [3.05, 3.63) is 93.4 Å². The van der Waals surface area contributed by atoms with E-state index in [-0.39, 0.29) is 11.1 Å². The van der Waals surface area contributed by atoms with Gasteiger partial charge in [0.2, 0.25) is 0 Å². The maximum Gasteiger partial charge on any atom is 0.516 e. The molecule has 4 aromatic rings. The number of nitrogens with one attached hydrogen (secondary N) is 2. The Hall–Kier alpha value is -4.19. The maximum absolute atomic E-state index is 13.3. The van der Waals surface area contributed by atoms with Crippen molar-refractivity contribution < 1.29 is 30.8 Å². The van der Waals surface area contributed by atoms with E-state index >= 15 is 0 Å². The number of alkyl halides is 3. The predicted octanol–water partition coefficient (Wildman–Crippen LogP) is 5.22. The van der Waals surface area contributed by atoms with E-state index in [4.69, 9.17) is 4.42 Å². The molecule has 1 atom stereocenters. The largest absolute Gasteiger partial charge is 0.516 e. The van der Waals surface area contributed by atoms with Crippen LogP contribution in [0.3, 0.4) is 0 Å². The van der Waals surface area contributed by atoms with Crippen LogP contribution in [-0.2, 0) is 10.0 Å². The van der Waals surface area contributed by atoms with Crippen LogP contribution in [0.15, 0.2) is 70.0 Å². The molecular formula is C26H22F3N3O5S. The molecule has 4 rings (SSSR count). The van der Waals surface area contributed by atoms with Crippen molar-refractivity contribution in [3.63, 3.8) is 0 Å². The number of halogens is 3. The maximum atomic E-state index is 13.3. The molecule has 0 aliphatic heterocycles. The van der Waals surface area contributed by atoms with Crippen molar-refractivity contribution in [2.24, 2.45) is 0 Å². The molecule has 0 spiro atoms. The summed E-state index contributed by atoms with van der Waals surface area (Å²) in [5, 5.41) is 3.32. The van der Waals surface area contributed by atoms with Gasteiger partial charge in [0.15, 0.2) is 11.1 Å². The number of amides is 1. The van der Waals surface area contributed by atoms with Crippen molar-refractivity contribution in [1.29, 1.82) is 0 Å². The number of rotatable bonds is 6. The highest BCUT2D eigenvalue weighted by Crippen LogP contribution is 2.32. The fourth-order valence-electron chi connectivity index (χ4n) is 4.00. The van der Waals surface area contributed by atoms with Gasteiger partial charge in [-0.2, -0.15) is 21.6 Å². The second-order valence-electron chi connectivity index (χ2n) is 8.63. The van der Waals surface area contributed by atoms with Gasteiger partial charge in [-0.3, -0.25) is 9.59 Å². The van der Waals surface area contributed by atoms with Crippen LogP contribution in [0, 0.1) is 13.8 Å². The Kier molecular flexibility index (Phi) is 7.02. The fourth-order valence-corrected chi connectivity index (χ4v) is 4.45. The van der Waals surface area contributed by atoms with Crippen molar-refractivity contribution in [3.8, 4) is 11.3 Å². The lowest BCUT2D eigenvalue weighted by Gasteiger charge is -2.20. The fraction of sp³-hybridized carbons (Fsp3) is 0.192. The molecule has 0 saturated carbocycles. The number of pyridine rings is 1. The molecule has 0 radical (unpaired) electrons. The molecule has 0 aliphatic carbocycles. The smallest absolute Gasteiger partial charge is 0.455 e. The Balaban J connectivity index is 1.78. The minimum Gasteiger partial charge on any atom is -0.455 e. The Morgan fingerprint density at radius 1 is 1.05 bits per heavy atom. The quantitative estimate of drug-likeness (QED) is 0.341. The molecule has 198 valence electrons. The molecule has 0 aliphatic rings. The molecule has 2 aromatic heterocycles. The first-order valence-electron chi connectivity index (χ1n) is 11.3. The van der Waals surface area contributed by atoms with Gasteiger partial charge in [0.25, 0.3) is 5.91 Å². The van der Waals surface area contributed by atoms with Gasteiger partial charge < -0.3 is 9.73 Å². The van der Waals surface area contributed by atoms with Gasteiger partial charge in [-0.25, -0.2) is 9.71 Å². The number of benzene rings is 2. The van der Waals surface area contributed by atoms with Crippen LogP contribution >= 0.6 is 0 Å². The summed E-state index contributed by atoms with van der Waals surface area (Å²) < 4.78 is 68.4. The molecule has 0 saturated heterocycles. The number of aryl methyl sites for hydroxylation is 1. The van der Waals surface area contributed by atoms with E-state index in [0.29, 0.717) is 33.4 Å². The van der Waals surface area contributed by atoms with E-state index in [2.05, 4.69) is 10.3 Å². The number of fused-ring (bicyclic) bond motifs is 1. The summed E-state index contributed by atoms with van der Waals surface area (Å²) in [6, 6.07) is 14.7. The topological polar surface area (TPSA) is 118 Å². The first-order valence-corrected chi connectivity index (χ1v) is 12.8. The van der Waals surface area contributed by atoms with Crippen LogP contribution in [0.5, 0.6) is 0 Å². The molecule has 2 heterocycles. The minimum absolute atomic E-state index is 0.0257. The van der Waals surface area contributed by atoms with Crippen LogP contribution in [0.4, 0.5) is 18.9 Å². The lowest BCUT2D eigenvalue weighted by Crippen LogP contribution is -2.40. The SMILES string of the molecule is Cc1cc(C(C)Nc2cccnc2C(=O)NS(=O)(=O)C(F)(F)F)c2oc(-c3ccccc3)c(C)c(=O)c2c1. The second-order valence-corrected chi connectivity index (χ2v) is 10.3. The lowest BCUT2D eigenvalue weighted by molar-refractivity contribution is -0.0446. The summed E-state index contributed by atoms with van der Waals surface area (Å²) in [7, 11) is -5.93. The molecule has 2 aromatic carbocycles. The Bertz CT molecular complexity index is 1700. The number of sulfonamides is 1. The summed E-state index contributed by atoms with van der Waals surface area (Å²) >= 11 is 0. The van der Waals surface area contributed by atoms with Crippen LogP contribution in [0.2, 0.25) is 0 Å². The lowest BCUT2D eigenvalue weighted by atomic mass is 9.98. The zero-order valence-electron chi connectivity index (χ0n) is 20.4. The van der Waals surface area contributed by atoms with E-state index in [9.17, 15) is 31.2 Å². The van der Waals surface area contributed by atoms with Gasteiger partial charge in [0.05, 0.1) is 17.1 Å². The van der Waals surface area contributed by atoms with Gasteiger partial charge in [-0.05, 0) is 44.5 Å². The number of anilines is 1. The van der Waals surface area contributed by atoms with Gasteiger partial charge in [0, 0.05) is 22.9 Å². The second kappa shape index (κ2) is 9.93. The normalized spacial score (nSPS) is 12.8. The zero-order chi connectivity index (χ0) is 27.8. The molecule has 8 nitrogen and oxygen atoms in total. The highest BCUT2D eigenvalue weighted by molar-refractivity contribution is 7.90. The van der Waals surface area contributed by atoms with Gasteiger partial charge in [-0.15, -0.1) is 0 Å². The van der Waals surface area contributed by atoms with Crippen molar-refractivity contribution in [2.45, 2.75) is 32.3 Å². The molecule has 12 heteroatoms. The molecule has 38 heavy (non-hydrogen) atoms. The molecule has 1 amide bonds. The van der Waals surface area contributed by atoms with E-state index in [1.165, 1.54) is 12.1 Å². The third-order valence-electron chi connectivity index (χ3n) is 5.82. The van der Waals surface area contributed by atoms with E-state index in [0.717, 1.165) is 16.5 Å². The van der Waals surface area contributed by atoms with E-state index in [1.54, 1.807) is 32.9 Å². The van der Waals surface area contributed by atoms with Crippen molar-refractivity contribution in [2.75, 3.05) is 5.32 Å². The standard InChI is InChI=1S/C26H22F3N3O5S/c1-14-12-18(24-19(13-14)22(33)15(2)23(37-24)17-8-5-4-6-9-17)16(3)31-20-10-7-11-30-21(20)25(34)32-38(35,36)26(27,28)29/h4-13,16,31H,1-3H3,(H,32,34). The number of carbonyl (C=O) groups is 1. The summed E-state index contributed by atoms with van der Waals surface area (Å²) in [6.07, 6.45) is 1.14. The van der Waals surface area contributed by atoms with Gasteiger partial charge in [-0.1, -0.05) is 36.4 Å². The number of carbonyl (C=O) groups excluding carboxylic acids is 1.